The Balaban J connectivity index is 1.81. The number of fused-ring (bicyclic) bond motifs is 1. The van der Waals surface area contributed by atoms with Crippen LogP contribution in [0.2, 0.25) is 0 Å². The van der Waals surface area contributed by atoms with E-state index in [1.54, 1.807) is 13.1 Å². The Morgan fingerprint density at radius 2 is 2.07 bits per heavy atom. The van der Waals surface area contributed by atoms with E-state index in [2.05, 4.69) is 25.3 Å². The second-order valence-electron chi connectivity index (χ2n) is 6.85. The Bertz CT molecular complexity index is 1120. The summed E-state index contributed by atoms with van der Waals surface area (Å²) in [6.45, 7) is 4.21. The SMILES string of the molecule is CCOc1ccc(C2Cc3nc(N)nc(C)c3C(=O)N2)c(-c2cncc(OC)n2)c1. The maximum absolute atomic E-state index is 12.8. The van der Waals surface area contributed by atoms with Gasteiger partial charge in [-0.15, -0.1) is 0 Å². The fraction of sp³-hybridized carbons (Fsp3) is 0.286. The van der Waals surface area contributed by atoms with Crippen LogP contribution >= 0.6 is 0 Å². The average molecular weight is 406 g/mol. The molecule has 1 aliphatic rings. The number of hydrogen-bond acceptors (Lipinski definition) is 8. The van der Waals surface area contributed by atoms with Crippen molar-refractivity contribution in [3.8, 4) is 22.9 Å². The molecule has 9 nitrogen and oxygen atoms in total. The molecule has 30 heavy (non-hydrogen) atoms. The standard InChI is InChI=1S/C21H22N6O3/c1-4-30-12-5-6-13(14(7-12)17-9-23-10-18(25-17)29-3)15-8-16-19(20(28)26-15)11(2)24-21(22)27-16/h5-7,9-10,15H,4,8H2,1-3H3,(H,26,28)(H2,22,24,27). The lowest BCUT2D eigenvalue weighted by molar-refractivity contribution is 0.0922. The van der Waals surface area contributed by atoms with Crippen LogP contribution in [0.4, 0.5) is 5.95 Å². The lowest BCUT2D eigenvalue weighted by Crippen LogP contribution is -2.37. The van der Waals surface area contributed by atoms with Crippen LogP contribution in [-0.2, 0) is 6.42 Å². The molecular formula is C21H22N6O3. The second-order valence-corrected chi connectivity index (χ2v) is 6.85. The molecule has 1 atom stereocenters. The van der Waals surface area contributed by atoms with Crippen LogP contribution in [0.15, 0.2) is 30.6 Å². The molecule has 2 aromatic heterocycles. The first kappa shape index (κ1) is 19.6. The molecule has 1 amide bonds. The van der Waals surface area contributed by atoms with E-state index in [9.17, 15) is 4.79 Å². The lowest BCUT2D eigenvalue weighted by Gasteiger charge is -2.28. The van der Waals surface area contributed by atoms with Gasteiger partial charge < -0.3 is 20.5 Å². The van der Waals surface area contributed by atoms with Crippen LogP contribution in [0.25, 0.3) is 11.3 Å². The summed E-state index contributed by atoms with van der Waals surface area (Å²) < 4.78 is 10.9. The third kappa shape index (κ3) is 3.61. The molecule has 0 radical (unpaired) electrons. The van der Waals surface area contributed by atoms with Crippen molar-refractivity contribution in [3.05, 3.63) is 53.1 Å². The first-order chi connectivity index (χ1) is 14.5. The number of hydrogen-bond donors (Lipinski definition) is 2. The highest BCUT2D eigenvalue weighted by Gasteiger charge is 2.30. The third-order valence-electron chi connectivity index (χ3n) is 4.92. The van der Waals surface area contributed by atoms with Gasteiger partial charge in [0.15, 0.2) is 0 Å². The van der Waals surface area contributed by atoms with E-state index in [4.69, 9.17) is 15.2 Å². The van der Waals surface area contributed by atoms with Crippen LogP contribution in [0.1, 0.15) is 40.3 Å². The zero-order valence-corrected chi connectivity index (χ0v) is 17.0. The van der Waals surface area contributed by atoms with Gasteiger partial charge >= 0.3 is 0 Å². The molecule has 0 fully saturated rings. The van der Waals surface area contributed by atoms with Crippen molar-refractivity contribution >= 4 is 11.9 Å². The Kier molecular flexibility index (Phi) is 5.18. The van der Waals surface area contributed by atoms with Crippen LogP contribution in [0.3, 0.4) is 0 Å². The van der Waals surface area contributed by atoms with Crippen molar-refractivity contribution in [1.82, 2.24) is 25.3 Å². The number of anilines is 1. The zero-order valence-electron chi connectivity index (χ0n) is 17.0. The number of rotatable bonds is 5. The number of carbonyl (C=O) groups excluding carboxylic acids is 1. The number of nitrogens with zero attached hydrogens (tertiary/aromatic N) is 4. The first-order valence-corrected chi connectivity index (χ1v) is 9.57. The van der Waals surface area contributed by atoms with Gasteiger partial charge in [0, 0.05) is 12.0 Å². The second kappa shape index (κ2) is 7.94. The van der Waals surface area contributed by atoms with Crippen molar-refractivity contribution in [1.29, 1.82) is 0 Å². The molecule has 0 saturated heterocycles. The molecular weight excluding hydrogens is 384 g/mol. The minimum atomic E-state index is -0.322. The fourth-order valence-electron chi connectivity index (χ4n) is 3.66. The number of nitrogen functional groups attached to an aromatic ring is 1. The minimum Gasteiger partial charge on any atom is -0.494 e. The molecule has 4 rings (SSSR count). The topological polar surface area (TPSA) is 125 Å². The van der Waals surface area contributed by atoms with Gasteiger partial charge in [-0.3, -0.25) is 9.78 Å². The highest BCUT2D eigenvalue weighted by Crippen LogP contribution is 2.35. The number of ether oxygens (including phenoxy) is 2. The van der Waals surface area contributed by atoms with Crippen molar-refractivity contribution in [2.75, 3.05) is 19.5 Å². The number of carbonyl (C=O) groups is 1. The summed E-state index contributed by atoms with van der Waals surface area (Å²) in [4.78, 5) is 30.0. The van der Waals surface area contributed by atoms with Gasteiger partial charge in [0.25, 0.3) is 5.91 Å². The van der Waals surface area contributed by atoms with Crippen molar-refractivity contribution in [2.24, 2.45) is 0 Å². The van der Waals surface area contributed by atoms with Gasteiger partial charge in [0.05, 0.1) is 54.8 Å². The maximum atomic E-state index is 12.8. The third-order valence-corrected chi connectivity index (χ3v) is 4.92. The number of methoxy groups -OCH3 is 1. The monoisotopic (exact) mass is 406 g/mol. The molecule has 1 aromatic carbocycles. The van der Waals surface area contributed by atoms with Gasteiger partial charge in [0.1, 0.15) is 5.75 Å². The molecule has 0 aliphatic carbocycles. The van der Waals surface area contributed by atoms with Crippen molar-refractivity contribution in [2.45, 2.75) is 26.3 Å². The molecule has 3 aromatic rings. The van der Waals surface area contributed by atoms with E-state index < -0.39 is 0 Å². The number of aromatic nitrogens is 4. The van der Waals surface area contributed by atoms with E-state index >= 15 is 0 Å². The van der Waals surface area contributed by atoms with Gasteiger partial charge in [-0.2, -0.15) is 0 Å². The Morgan fingerprint density at radius 1 is 1.23 bits per heavy atom. The van der Waals surface area contributed by atoms with Gasteiger partial charge in [-0.25, -0.2) is 15.0 Å². The number of aryl methyl sites for hydroxylation is 1. The van der Waals surface area contributed by atoms with Crippen LogP contribution < -0.4 is 20.5 Å². The minimum absolute atomic E-state index is 0.158. The van der Waals surface area contributed by atoms with E-state index in [0.29, 0.717) is 47.3 Å². The molecule has 0 spiro atoms. The van der Waals surface area contributed by atoms with E-state index in [-0.39, 0.29) is 17.9 Å². The molecule has 1 aliphatic heterocycles. The quantitative estimate of drug-likeness (QED) is 0.661. The van der Waals surface area contributed by atoms with E-state index in [0.717, 1.165) is 11.1 Å². The number of amides is 1. The van der Waals surface area contributed by atoms with Crippen LogP contribution in [-0.4, -0.2) is 39.6 Å². The molecule has 154 valence electrons. The highest BCUT2D eigenvalue weighted by molar-refractivity contribution is 5.98. The Labute approximate surface area is 173 Å². The van der Waals surface area contributed by atoms with Gasteiger partial charge in [-0.05, 0) is 31.5 Å². The predicted octanol–water partition coefficient (Wildman–Crippen LogP) is 2.26. The van der Waals surface area contributed by atoms with E-state index in [1.165, 1.54) is 13.3 Å². The van der Waals surface area contributed by atoms with Gasteiger partial charge in [-0.1, -0.05) is 6.07 Å². The number of nitrogens with two attached hydrogens (primary N) is 1. The summed E-state index contributed by atoms with van der Waals surface area (Å²) in [5, 5.41) is 3.06. The summed E-state index contributed by atoms with van der Waals surface area (Å²) in [6.07, 6.45) is 3.67. The lowest BCUT2D eigenvalue weighted by atomic mass is 9.90. The molecule has 3 heterocycles. The normalized spacial score (nSPS) is 15.3. The fourth-order valence-corrected chi connectivity index (χ4v) is 3.66. The maximum Gasteiger partial charge on any atom is 0.255 e. The number of nitrogens with one attached hydrogen (secondary N) is 1. The average Bonchev–Trinajstić information content (AvgIpc) is 2.73. The number of benzene rings is 1. The van der Waals surface area contributed by atoms with E-state index in [1.807, 2.05) is 25.1 Å². The Morgan fingerprint density at radius 3 is 2.83 bits per heavy atom. The molecule has 9 heteroatoms. The first-order valence-electron chi connectivity index (χ1n) is 9.57. The van der Waals surface area contributed by atoms with Crippen molar-refractivity contribution < 1.29 is 14.3 Å². The zero-order chi connectivity index (χ0) is 21.3. The summed E-state index contributed by atoms with van der Waals surface area (Å²) in [5.74, 6) is 1.03. The predicted molar refractivity (Wildman–Crippen MR) is 110 cm³/mol. The molecule has 1 unspecified atom stereocenters. The van der Waals surface area contributed by atoms with Gasteiger partial charge in [0.2, 0.25) is 11.8 Å². The molecule has 0 saturated carbocycles. The molecule has 3 N–H and O–H groups in total. The van der Waals surface area contributed by atoms with Crippen molar-refractivity contribution in [3.63, 3.8) is 0 Å². The summed E-state index contributed by atoms with van der Waals surface area (Å²) in [6, 6.07) is 5.37. The van der Waals surface area contributed by atoms with Crippen LogP contribution in [0, 0.1) is 6.92 Å². The summed E-state index contributed by atoms with van der Waals surface area (Å²) in [5.41, 5.74) is 9.77. The largest absolute Gasteiger partial charge is 0.494 e. The smallest absolute Gasteiger partial charge is 0.255 e. The molecule has 0 bridgehead atoms. The summed E-state index contributed by atoms with van der Waals surface area (Å²) >= 11 is 0. The highest BCUT2D eigenvalue weighted by atomic mass is 16.5. The van der Waals surface area contributed by atoms with Crippen LogP contribution in [0.5, 0.6) is 11.6 Å². The summed E-state index contributed by atoms with van der Waals surface area (Å²) in [7, 11) is 1.54. The Hall–Kier alpha value is -3.75.